The van der Waals surface area contributed by atoms with Gasteiger partial charge >= 0.3 is 0 Å². The summed E-state index contributed by atoms with van der Waals surface area (Å²) in [5.41, 5.74) is 3.95. The maximum atomic E-state index is 6.05. The highest BCUT2D eigenvalue weighted by Crippen LogP contribution is 2.31. The van der Waals surface area contributed by atoms with Gasteiger partial charge in [0.2, 0.25) is 0 Å². The van der Waals surface area contributed by atoms with Crippen LogP contribution in [0.2, 0.25) is 0 Å². The van der Waals surface area contributed by atoms with Crippen LogP contribution in [0.15, 0.2) is 60.7 Å². The molecule has 0 aromatic heterocycles. The summed E-state index contributed by atoms with van der Waals surface area (Å²) in [6, 6.07) is 21.3. The lowest BCUT2D eigenvalue weighted by molar-refractivity contribution is 0.274. The molecule has 3 aromatic carbocycles. The molecule has 0 fully saturated rings. The van der Waals surface area contributed by atoms with Crippen molar-refractivity contribution >= 4 is 28.0 Å². The van der Waals surface area contributed by atoms with E-state index in [0.29, 0.717) is 5.92 Å². The van der Waals surface area contributed by atoms with Gasteiger partial charge in [-0.3, -0.25) is 0 Å². The van der Waals surface area contributed by atoms with Crippen LogP contribution in [0.4, 0.5) is 0 Å². The Morgan fingerprint density at radius 1 is 0.963 bits per heavy atom. The standard InChI is InChI=1S/C24H25NOS/c1-17(2)16-26-23-12-11-22(20-9-5-6-10-21(20)23)24(27)25-14-13-18-7-3-4-8-19(18)15-25/h3-12,17H,13-16H2,1-2H3. The first-order valence-electron chi connectivity index (χ1n) is 9.64. The van der Waals surface area contributed by atoms with E-state index in [1.165, 1.54) is 16.5 Å². The van der Waals surface area contributed by atoms with Gasteiger partial charge in [0, 0.05) is 24.0 Å². The predicted octanol–water partition coefficient (Wildman–Crippen LogP) is 5.61. The molecule has 0 saturated carbocycles. The zero-order valence-electron chi connectivity index (χ0n) is 15.9. The summed E-state index contributed by atoms with van der Waals surface area (Å²) >= 11 is 5.93. The number of rotatable bonds is 4. The van der Waals surface area contributed by atoms with Crippen LogP contribution < -0.4 is 4.74 Å². The summed E-state index contributed by atoms with van der Waals surface area (Å²) in [7, 11) is 0. The quantitative estimate of drug-likeness (QED) is 0.550. The van der Waals surface area contributed by atoms with E-state index in [-0.39, 0.29) is 0 Å². The molecule has 0 spiro atoms. The minimum absolute atomic E-state index is 0.498. The largest absolute Gasteiger partial charge is 0.493 e. The van der Waals surface area contributed by atoms with Gasteiger partial charge in [0.05, 0.1) is 6.61 Å². The van der Waals surface area contributed by atoms with Crippen LogP contribution in [0.5, 0.6) is 5.75 Å². The average Bonchev–Trinajstić information content (AvgIpc) is 2.71. The molecule has 1 heterocycles. The molecule has 27 heavy (non-hydrogen) atoms. The lowest BCUT2D eigenvalue weighted by Crippen LogP contribution is -2.35. The van der Waals surface area contributed by atoms with Crippen LogP contribution in [-0.4, -0.2) is 23.0 Å². The van der Waals surface area contributed by atoms with E-state index in [1.54, 1.807) is 0 Å². The Labute approximate surface area is 166 Å². The summed E-state index contributed by atoms with van der Waals surface area (Å²) in [4.78, 5) is 3.25. The summed E-state index contributed by atoms with van der Waals surface area (Å²) < 4.78 is 6.05. The predicted molar refractivity (Wildman–Crippen MR) is 117 cm³/mol. The van der Waals surface area contributed by atoms with Gasteiger partial charge in [-0.25, -0.2) is 0 Å². The molecule has 0 N–H and O–H groups in total. The molecule has 0 radical (unpaired) electrons. The molecule has 0 amide bonds. The lowest BCUT2D eigenvalue weighted by Gasteiger charge is -2.31. The molecule has 0 bridgehead atoms. The second kappa shape index (κ2) is 7.69. The highest BCUT2D eigenvalue weighted by molar-refractivity contribution is 7.80. The second-order valence-electron chi connectivity index (χ2n) is 7.61. The number of benzene rings is 3. The third-order valence-electron chi connectivity index (χ3n) is 5.10. The summed E-state index contributed by atoms with van der Waals surface area (Å²) in [6.07, 6.45) is 1.05. The van der Waals surface area contributed by atoms with Crippen LogP contribution in [0.25, 0.3) is 10.8 Å². The van der Waals surface area contributed by atoms with E-state index in [9.17, 15) is 0 Å². The minimum Gasteiger partial charge on any atom is -0.493 e. The monoisotopic (exact) mass is 375 g/mol. The van der Waals surface area contributed by atoms with Crippen molar-refractivity contribution in [3.63, 3.8) is 0 Å². The Morgan fingerprint density at radius 3 is 2.44 bits per heavy atom. The van der Waals surface area contributed by atoms with E-state index in [1.807, 2.05) is 0 Å². The first-order chi connectivity index (χ1) is 13.1. The SMILES string of the molecule is CC(C)COc1ccc(C(=S)N2CCc3ccccc3C2)c2ccccc12. The fourth-order valence-corrected chi connectivity index (χ4v) is 4.01. The topological polar surface area (TPSA) is 12.5 Å². The van der Waals surface area contributed by atoms with Crippen molar-refractivity contribution in [3.05, 3.63) is 77.4 Å². The first-order valence-corrected chi connectivity index (χ1v) is 10.0. The summed E-state index contributed by atoms with van der Waals surface area (Å²) in [6.45, 7) is 6.90. The van der Waals surface area contributed by atoms with Gasteiger partial charge < -0.3 is 9.64 Å². The Kier molecular flexibility index (Phi) is 5.13. The maximum absolute atomic E-state index is 6.05. The lowest BCUT2D eigenvalue weighted by atomic mass is 9.98. The molecule has 1 aliphatic rings. The Hall–Kier alpha value is -2.39. The van der Waals surface area contributed by atoms with Gasteiger partial charge in [-0.2, -0.15) is 0 Å². The fraction of sp³-hybridized carbons (Fsp3) is 0.292. The Balaban J connectivity index is 1.66. The molecule has 138 valence electrons. The van der Waals surface area contributed by atoms with Gasteiger partial charge in [0.25, 0.3) is 0 Å². The molecule has 3 aromatic rings. The first kappa shape index (κ1) is 18.0. The van der Waals surface area contributed by atoms with Gasteiger partial charge in [-0.15, -0.1) is 0 Å². The highest BCUT2D eigenvalue weighted by Gasteiger charge is 2.20. The van der Waals surface area contributed by atoms with Crippen molar-refractivity contribution in [2.24, 2.45) is 5.92 Å². The van der Waals surface area contributed by atoms with Crippen LogP contribution in [-0.2, 0) is 13.0 Å². The molecule has 0 aliphatic carbocycles. The van der Waals surface area contributed by atoms with E-state index < -0.39 is 0 Å². The zero-order valence-corrected chi connectivity index (χ0v) is 16.8. The fourth-order valence-electron chi connectivity index (χ4n) is 3.68. The Bertz CT molecular complexity index is 979. The van der Waals surface area contributed by atoms with E-state index >= 15 is 0 Å². The van der Waals surface area contributed by atoms with E-state index in [0.717, 1.165) is 47.8 Å². The van der Waals surface area contributed by atoms with Gasteiger partial charge in [0.1, 0.15) is 10.7 Å². The minimum atomic E-state index is 0.498. The molecule has 0 unspecified atom stereocenters. The van der Waals surface area contributed by atoms with Crippen molar-refractivity contribution in [2.75, 3.05) is 13.2 Å². The normalized spacial score (nSPS) is 13.7. The molecule has 1 aliphatic heterocycles. The third kappa shape index (κ3) is 3.70. The molecule has 0 saturated heterocycles. The van der Waals surface area contributed by atoms with E-state index in [2.05, 4.69) is 79.4 Å². The second-order valence-corrected chi connectivity index (χ2v) is 7.99. The van der Waals surface area contributed by atoms with Gasteiger partial charge in [-0.05, 0) is 41.0 Å². The number of hydrogen-bond donors (Lipinski definition) is 0. The van der Waals surface area contributed by atoms with Crippen LogP contribution in [0, 0.1) is 5.92 Å². The molecule has 0 atom stereocenters. The number of ether oxygens (including phenoxy) is 1. The van der Waals surface area contributed by atoms with Crippen LogP contribution in [0.3, 0.4) is 0 Å². The van der Waals surface area contributed by atoms with Crippen molar-refractivity contribution in [1.29, 1.82) is 0 Å². The molecule has 4 rings (SSSR count). The smallest absolute Gasteiger partial charge is 0.127 e. The Morgan fingerprint density at radius 2 is 1.67 bits per heavy atom. The maximum Gasteiger partial charge on any atom is 0.127 e. The molecular formula is C24H25NOS. The molecule has 2 nitrogen and oxygen atoms in total. The number of fused-ring (bicyclic) bond motifs is 2. The van der Waals surface area contributed by atoms with Crippen molar-refractivity contribution < 1.29 is 4.74 Å². The van der Waals surface area contributed by atoms with Crippen LogP contribution >= 0.6 is 12.2 Å². The van der Waals surface area contributed by atoms with Gasteiger partial charge in [-0.1, -0.05) is 74.6 Å². The summed E-state index contributed by atoms with van der Waals surface area (Å²) in [5.74, 6) is 1.44. The van der Waals surface area contributed by atoms with E-state index in [4.69, 9.17) is 17.0 Å². The van der Waals surface area contributed by atoms with Crippen molar-refractivity contribution in [3.8, 4) is 5.75 Å². The number of thiocarbonyl (C=S) groups is 1. The average molecular weight is 376 g/mol. The number of hydrogen-bond acceptors (Lipinski definition) is 2. The third-order valence-corrected chi connectivity index (χ3v) is 5.58. The molecular weight excluding hydrogens is 350 g/mol. The van der Waals surface area contributed by atoms with Crippen molar-refractivity contribution in [2.45, 2.75) is 26.8 Å². The zero-order chi connectivity index (χ0) is 18.8. The summed E-state index contributed by atoms with van der Waals surface area (Å²) in [5, 5.41) is 2.30. The highest BCUT2D eigenvalue weighted by atomic mass is 32.1. The molecule has 3 heteroatoms. The van der Waals surface area contributed by atoms with Crippen molar-refractivity contribution in [1.82, 2.24) is 4.90 Å². The van der Waals surface area contributed by atoms with Crippen LogP contribution in [0.1, 0.15) is 30.5 Å². The number of nitrogens with zero attached hydrogens (tertiary/aromatic N) is 1. The van der Waals surface area contributed by atoms with Gasteiger partial charge in [0.15, 0.2) is 0 Å².